The third-order valence-corrected chi connectivity index (χ3v) is 2.58. The van der Waals surface area contributed by atoms with Gasteiger partial charge in [-0.1, -0.05) is 40.2 Å². The van der Waals surface area contributed by atoms with Gasteiger partial charge in [-0.05, 0) is 48.6 Å². The molecule has 0 amide bonds. The zero-order chi connectivity index (χ0) is 15.0. The number of hydrogen-bond acceptors (Lipinski definition) is 0. The zero-order valence-electron chi connectivity index (χ0n) is 12.8. The highest BCUT2D eigenvalue weighted by molar-refractivity contribution is 5.87. The molecule has 0 aliphatic heterocycles. The van der Waals surface area contributed by atoms with Gasteiger partial charge in [0.05, 0.1) is 0 Å². The maximum atomic E-state index is 13.4. The Balaban J connectivity index is 0.000000573. The minimum atomic E-state index is -0.403. The van der Waals surface area contributed by atoms with Crippen molar-refractivity contribution in [3.63, 3.8) is 0 Å². The highest BCUT2D eigenvalue weighted by atomic mass is 19.1. The maximum absolute atomic E-state index is 13.4. The Labute approximate surface area is 115 Å². The molecule has 0 atom stereocenters. The smallest absolute Gasteiger partial charge is 0.131 e. The first-order chi connectivity index (χ1) is 9.01. The normalized spacial score (nSPS) is 9.26. The zero-order valence-corrected chi connectivity index (χ0v) is 12.8. The lowest BCUT2D eigenvalue weighted by atomic mass is 10.0. The first-order valence-electron chi connectivity index (χ1n) is 6.86. The van der Waals surface area contributed by atoms with Crippen LogP contribution in [0.25, 0.3) is 10.8 Å². The summed E-state index contributed by atoms with van der Waals surface area (Å²) in [6.45, 7) is 12.0. The van der Waals surface area contributed by atoms with E-state index in [1.807, 2.05) is 27.7 Å². The fourth-order valence-corrected chi connectivity index (χ4v) is 1.63. The van der Waals surface area contributed by atoms with Crippen molar-refractivity contribution < 1.29 is 8.78 Å². The highest BCUT2D eigenvalue weighted by Gasteiger charge is 2.06. The first-order valence-corrected chi connectivity index (χ1v) is 6.86. The molecule has 0 aliphatic rings. The van der Waals surface area contributed by atoms with Crippen molar-refractivity contribution in [2.45, 2.75) is 48.0 Å². The quantitative estimate of drug-likeness (QED) is 0.534. The van der Waals surface area contributed by atoms with Crippen molar-refractivity contribution in [2.75, 3.05) is 0 Å². The van der Waals surface area contributed by atoms with E-state index < -0.39 is 5.82 Å². The van der Waals surface area contributed by atoms with Gasteiger partial charge in [-0.2, -0.15) is 0 Å². The van der Waals surface area contributed by atoms with E-state index in [0.29, 0.717) is 5.39 Å². The predicted molar refractivity (Wildman–Crippen MR) is 80.7 cm³/mol. The summed E-state index contributed by atoms with van der Waals surface area (Å²) < 4.78 is 26.3. The van der Waals surface area contributed by atoms with Crippen LogP contribution in [0, 0.1) is 25.5 Å². The summed E-state index contributed by atoms with van der Waals surface area (Å²) in [7, 11) is 0. The van der Waals surface area contributed by atoms with Gasteiger partial charge >= 0.3 is 0 Å². The van der Waals surface area contributed by atoms with E-state index in [9.17, 15) is 8.78 Å². The minimum absolute atomic E-state index is 0.355. The van der Waals surface area contributed by atoms with Gasteiger partial charge in [-0.15, -0.1) is 0 Å². The topological polar surface area (TPSA) is 0 Å². The Hall–Kier alpha value is -1.44. The lowest BCUT2D eigenvalue weighted by Gasteiger charge is -2.06. The van der Waals surface area contributed by atoms with Gasteiger partial charge in [0.2, 0.25) is 0 Å². The van der Waals surface area contributed by atoms with E-state index in [1.54, 1.807) is 6.07 Å². The number of fused-ring (bicyclic) bond motifs is 1. The standard InChI is InChI=1S/C12H10F2.C3H8.C2H6/c1-7-5-12(14)11-6-9(13)3-4-10(11)8(7)2;1-3-2;1-2/h3-6H,1-2H3;3H2,1-2H3;1-2H3. The molecule has 2 rings (SSSR count). The molecule has 0 radical (unpaired) electrons. The van der Waals surface area contributed by atoms with Crippen LogP contribution in [0.1, 0.15) is 45.2 Å². The van der Waals surface area contributed by atoms with Crippen LogP contribution in [0.5, 0.6) is 0 Å². The fraction of sp³-hybridized carbons (Fsp3) is 0.412. The van der Waals surface area contributed by atoms with E-state index >= 15 is 0 Å². The monoisotopic (exact) mass is 266 g/mol. The Morgan fingerprint density at radius 2 is 1.42 bits per heavy atom. The number of halogens is 2. The summed E-state index contributed by atoms with van der Waals surface area (Å²) in [6, 6.07) is 5.65. The number of aryl methyl sites for hydroxylation is 2. The summed E-state index contributed by atoms with van der Waals surface area (Å²) in [5, 5.41) is 1.14. The molecular weight excluding hydrogens is 242 g/mol. The van der Waals surface area contributed by atoms with Gasteiger partial charge in [0, 0.05) is 5.39 Å². The van der Waals surface area contributed by atoms with Gasteiger partial charge in [0.15, 0.2) is 0 Å². The molecule has 0 heterocycles. The van der Waals surface area contributed by atoms with Crippen molar-refractivity contribution in [3.05, 3.63) is 47.0 Å². The average Bonchev–Trinajstić information content (AvgIpc) is 2.39. The van der Waals surface area contributed by atoms with Crippen LogP contribution in [0.2, 0.25) is 0 Å². The molecule has 0 nitrogen and oxygen atoms in total. The van der Waals surface area contributed by atoms with E-state index in [1.165, 1.54) is 24.6 Å². The number of rotatable bonds is 0. The molecule has 2 aromatic rings. The summed E-state index contributed by atoms with van der Waals surface area (Å²) in [6.07, 6.45) is 1.25. The molecule has 0 unspecified atom stereocenters. The maximum Gasteiger partial charge on any atom is 0.131 e. The molecule has 0 bridgehead atoms. The van der Waals surface area contributed by atoms with E-state index in [4.69, 9.17) is 0 Å². The third-order valence-electron chi connectivity index (χ3n) is 2.58. The largest absolute Gasteiger partial charge is 0.207 e. The molecular formula is C17H24F2. The van der Waals surface area contributed by atoms with Crippen LogP contribution in [0.3, 0.4) is 0 Å². The van der Waals surface area contributed by atoms with Gasteiger partial charge in [-0.25, -0.2) is 8.78 Å². The van der Waals surface area contributed by atoms with Crippen molar-refractivity contribution in [3.8, 4) is 0 Å². The lowest BCUT2D eigenvalue weighted by Crippen LogP contribution is -1.89. The minimum Gasteiger partial charge on any atom is -0.207 e. The third kappa shape index (κ3) is 4.62. The van der Waals surface area contributed by atoms with Gasteiger partial charge in [-0.3, -0.25) is 0 Å². The predicted octanol–water partition coefficient (Wildman–Crippen LogP) is 6.18. The molecule has 2 aromatic carbocycles. The Kier molecular flexibility index (Phi) is 7.97. The van der Waals surface area contributed by atoms with Crippen LogP contribution >= 0.6 is 0 Å². The molecule has 0 N–H and O–H groups in total. The van der Waals surface area contributed by atoms with Gasteiger partial charge in [0.25, 0.3) is 0 Å². The summed E-state index contributed by atoms with van der Waals surface area (Å²) in [5.41, 5.74) is 1.89. The van der Waals surface area contributed by atoms with Crippen LogP contribution in [0.15, 0.2) is 24.3 Å². The lowest BCUT2D eigenvalue weighted by molar-refractivity contribution is 0.621. The molecule has 0 saturated carbocycles. The fourth-order valence-electron chi connectivity index (χ4n) is 1.63. The van der Waals surface area contributed by atoms with Crippen LogP contribution < -0.4 is 0 Å². The van der Waals surface area contributed by atoms with Crippen LogP contribution in [-0.2, 0) is 0 Å². The van der Waals surface area contributed by atoms with Crippen LogP contribution in [0.4, 0.5) is 8.78 Å². The molecule has 106 valence electrons. The second kappa shape index (κ2) is 8.63. The van der Waals surface area contributed by atoms with Gasteiger partial charge < -0.3 is 0 Å². The van der Waals surface area contributed by atoms with Crippen molar-refractivity contribution in [2.24, 2.45) is 0 Å². The molecule has 0 aliphatic carbocycles. The average molecular weight is 266 g/mol. The molecule has 0 fully saturated rings. The Morgan fingerprint density at radius 3 is 1.95 bits per heavy atom. The second-order valence-corrected chi connectivity index (χ2v) is 4.20. The molecule has 0 spiro atoms. The SMILES string of the molecule is CC.CCC.Cc1cc(F)c2cc(F)ccc2c1C. The molecule has 2 heteroatoms. The van der Waals surface area contributed by atoms with E-state index in [0.717, 1.165) is 16.5 Å². The molecule has 0 aromatic heterocycles. The summed E-state index contributed by atoms with van der Waals surface area (Å²) in [4.78, 5) is 0. The molecule has 19 heavy (non-hydrogen) atoms. The second-order valence-electron chi connectivity index (χ2n) is 4.20. The highest BCUT2D eigenvalue weighted by Crippen LogP contribution is 2.25. The van der Waals surface area contributed by atoms with E-state index in [-0.39, 0.29) is 5.82 Å². The van der Waals surface area contributed by atoms with Crippen molar-refractivity contribution in [1.29, 1.82) is 0 Å². The molecule has 0 saturated heterocycles. The summed E-state index contributed by atoms with van der Waals surface area (Å²) in [5.74, 6) is -0.762. The number of benzene rings is 2. The van der Waals surface area contributed by atoms with Crippen LogP contribution in [-0.4, -0.2) is 0 Å². The van der Waals surface area contributed by atoms with Gasteiger partial charge in [0.1, 0.15) is 11.6 Å². The van der Waals surface area contributed by atoms with Crippen molar-refractivity contribution >= 4 is 10.8 Å². The van der Waals surface area contributed by atoms with Crippen molar-refractivity contribution in [1.82, 2.24) is 0 Å². The summed E-state index contributed by atoms with van der Waals surface area (Å²) >= 11 is 0. The number of hydrogen-bond donors (Lipinski definition) is 0. The Bertz CT molecular complexity index is 516. The van der Waals surface area contributed by atoms with E-state index in [2.05, 4.69) is 13.8 Å². The Morgan fingerprint density at radius 1 is 0.895 bits per heavy atom. The first kappa shape index (κ1) is 17.6.